The summed E-state index contributed by atoms with van der Waals surface area (Å²) < 4.78 is 0. The van der Waals surface area contributed by atoms with Gasteiger partial charge in [-0.15, -0.1) is 0 Å². The first kappa shape index (κ1) is 21.0. The summed E-state index contributed by atoms with van der Waals surface area (Å²) in [5.41, 5.74) is 0.811. The number of hydrogen-bond acceptors (Lipinski definition) is 5. The topological polar surface area (TPSA) is 67.6 Å². The summed E-state index contributed by atoms with van der Waals surface area (Å²) >= 11 is 1.38. The zero-order valence-electron chi connectivity index (χ0n) is 17.3. The number of anilines is 1. The fraction of sp³-hybridized carbons (Fsp3) is 0.522. The third kappa shape index (κ3) is 4.40. The Balaban J connectivity index is 1.66. The van der Waals surface area contributed by atoms with Gasteiger partial charge >= 0.3 is 0 Å². The van der Waals surface area contributed by atoms with Crippen molar-refractivity contribution in [2.45, 2.75) is 43.8 Å². The van der Waals surface area contributed by atoms with Gasteiger partial charge in [-0.25, -0.2) is 0 Å². The zero-order chi connectivity index (χ0) is 20.9. The van der Waals surface area contributed by atoms with Crippen molar-refractivity contribution in [1.29, 1.82) is 5.26 Å². The molecule has 3 saturated heterocycles. The fourth-order valence-electron chi connectivity index (χ4n) is 4.41. The lowest BCUT2D eigenvalue weighted by Gasteiger charge is -2.27. The summed E-state index contributed by atoms with van der Waals surface area (Å²) in [7, 11) is 0. The Morgan fingerprint density at radius 2 is 1.63 bits per heavy atom. The number of nitrogens with zero attached hydrogens (tertiary/aromatic N) is 4. The van der Waals surface area contributed by atoms with E-state index in [4.69, 9.17) is 0 Å². The second kappa shape index (κ2) is 9.67. The van der Waals surface area contributed by atoms with Gasteiger partial charge < -0.3 is 9.80 Å². The van der Waals surface area contributed by atoms with Crippen LogP contribution in [0, 0.1) is 11.3 Å². The number of nitriles is 1. The Bertz CT molecular complexity index is 852. The highest BCUT2D eigenvalue weighted by atomic mass is 32.2. The largest absolute Gasteiger partial charge is 0.338 e. The van der Waals surface area contributed by atoms with Crippen LogP contribution in [0.25, 0.3) is 0 Å². The molecule has 1 aromatic carbocycles. The van der Waals surface area contributed by atoms with Crippen LogP contribution >= 0.6 is 11.8 Å². The predicted molar refractivity (Wildman–Crippen MR) is 119 cm³/mol. The van der Waals surface area contributed by atoms with E-state index < -0.39 is 0 Å². The molecule has 3 aliphatic rings. The van der Waals surface area contributed by atoms with Crippen molar-refractivity contribution >= 4 is 29.3 Å². The molecule has 0 saturated carbocycles. The van der Waals surface area contributed by atoms with Gasteiger partial charge in [0.1, 0.15) is 21.9 Å². The minimum atomic E-state index is -0.296. The van der Waals surface area contributed by atoms with Gasteiger partial charge in [0.25, 0.3) is 5.91 Å². The van der Waals surface area contributed by atoms with E-state index >= 15 is 0 Å². The molecule has 1 aromatic rings. The maximum Gasteiger partial charge on any atom is 0.267 e. The normalized spacial score (nSPS) is 24.6. The first-order chi connectivity index (χ1) is 14.7. The molecular weight excluding hydrogens is 396 g/mol. The maximum atomic E-state index is 13.4. The molecule has 0 spiro atoms. The lowest BCUT2D eigenvalue weighted by Crippen LogP contribution is -2.40. The highest BCUT2D eigenvalue weighted by Crippen LogP contribution is 2.41. The molecular formula is C23H28N4O2S. The predicted octanol–water partition coefficient (Wildman–Crippen LogP) is 3.37. The molecule has 1 atom stereocenters. The molecule has 3 heterocycles. The Morgan fingerprint density at radius 1 is 1.00 bits per heavy atom. The molecule has 0 bridgehead atoms. The van der Waals surface area contributed by atoms with E-state index in [-0.39, 0.29) is 22.6 Å². The van der Waals surface area contributed by atoms with Crippen molar-refractivity contribution < 1.29 is 9.59 Å². The quantitative estimate of drug-likeness (QED) is 0.548. The van der Waals surface area contributed by atoms with Gasteiger partial charge in [0, 0.05) is 25.3 Å². The van der Waals surface area contributed by atoms with Gasteiger partial charge in [-0.05, 0) is 57.3 Å². The number of piperidine rings is 2. The summed E-state index contributed by atoms with van der Waals surface area (Å²) in [6, 6.07) is 11.5. The molecule has 4 rings (SSSR count). The Morgan fingerprint density at radius 3 is 2.27 bits per heavy atom. The van der Waals surface area contributed by atoms with Gasteiger partial charge in [0.15, 0.2) is 0 Å². The smallest absolute Gasteiger partial charge is 0.267 e. The molecule has 6 nitrogen and oxygen atoms in total. The van der Waals surface area contributed by atoms with E-state index in [1.54, 1.807) is 9.80 Å². The third-order valence-corrected chi connectivity index (χ3v) is 7.27. The SMILES string of the molecule is N#C/C(C(=O)N1CCCCC1)=C1/SC(CN2CCCCC2)C(=O)N1c1ccccc1. The summed E-state index contributed by atoms with van der Waals surface area (Å²) in [5.74, 6) is -0.280. The Labute approximate surface area is 182 Å². The number of likely N-dealkylation sites (tertiary alicyclic amines) is 2. The summed E-state index contributed by atoms with van der Waals surface area (Å²) in [5, 5.41) is 10.1. The van der Waals surface area contributed by atoms with Crippen LogP contribution in [0.3, 0.4) is 0 Å². The molecule has 0 radical (unpaired) electrons. The number of rotatable bonds is 4. The Hall–Kier alpha value is -2.30. The van der Waals surface area contributed by atoms with Crippen LogP contribution in [0.15, 0.2) is 40.9 Å². The van der Waals surface area contributed by atoms with Gasteiger partial charge in [0.05, 0.1) is 0 Å². The van der Waals surface area contributed by atoms with Crippen LogP contribution in [0.2, 0.25) is 0 Å². The van der Waals surface area contributed by atoms with Crippen LogP contribution < -0.4 is 4.90 Å². The highest BCUT2D eigenvalue weighted by molar-refractivity contribution is 8.05. The molecule has 7 heteroatoms. The molecule has 0 aromatic heterocycles. The van der Waals surface area contributed by atoms with Gasteiger partial charge in [-0.3, -0.25) is 14.5 Å². The molecule has 0 N–H and O–H groups in total. The standard InChI is InChI=1S/C23H28N4O2S/c24-16-19(21(28)26-14-8-3-9-15-26)23-27(18-10-4-1-5-11-18)22(29)20(30-23)17-25-12-6-2-7-13-25/h1,4-5,10-11,20H,2-3,6-9,12-15,17H2/b23-19-. The van der Waals surface area contributed by atoms with Gasteiger partial charge in [-0.1, -0.05) is 36.4 Å². The van der Waals surface area contributed by atoms with Crippen molar-refractivity contribution in [2.24, 2.45) is 0 Å². The minimum Gasteiger partial charge on any atom is -0.338 e. The third-order valence-electron chi connectivity index (χ3n) is 6.02. The minimum absolute atomic E-state index is 0.0361. The summed E-state index contributed by atoms with van der Waals surface area (Å²) in [4.78, 5) is 32.3. The first-order valence-electron chi connectivity index (χ1n) is 10.9. The van der Waals surface area contributed by atoms with Crippen LogP contribution in [0.1, 0.15) is 38.5 Å². The molecule has 3 aliphatic heterocycles. The highest BCUT2D eigenvalue weighted by Gasteiger charge is 2.42. The number of carbonyl (C=O) groups excluding carboxylic acids is 2. The van der Waals surface area contributed by atoms with Gasteiger partial charge in [-0.2, -0.15) is 5.26 Å². The van der Waals surface area contributed by atoms with Crippen molar-refractivity contribution in [1.82, 2.24) is 9.80 Å². The van der Waals surface area contributed by atoms with E-state index in [9.17, 15) is 14.9 Å². The van der Waals surface area contributed by atoms with E-state index in [1.165, 1.54) is 18.2 Å². The number of amides is 2. The van der Waals surface area contributed by atoms with Crippen molar-refractivity contribution in [3.8, 4) is 6.07 Å². The number of thioether (sulfide) groups is 1. The van der Waals surface area contributed by atoms with Crippen LogP contribution in [0.4, 0.5) is 5.69 Å². The van der Waals surface area contributed by atoms with Crippen molar-refractivity contribution in [3.05, 3.63) is 40.9 Å². The molecule has 0 aliphatic carbocycles. The lowest BCUT2D eigenvalue weighted by molar-refractivity contribution is -0.127. The van der Waals surface area contributed by atoms with E-state index in [2.05, 4.69) is 11.0 Å². The summed E-state index contributed by atoms with van der Waals surface area (Å²) in [6.45, 7) is 4.03. The second-order valence-electron chi connectivity index (χ2n) is 8.12. The molecule has 30 heavy (non-hydrogen) atoms. The Kier molecular flexibility index (Phi) is 6.76. The molecule has 3 fully saturated rings. The van der Waals surface area contributed by atoms with E-state index in [1.807, 2.05) is 30.3 Å². The molecule has 2 amide bonds. The number of hydrogen-bond donors (Lipinski definition) is 0. The lowest BCUT2D eigenvalue weighted by atomic mass is 10.1. The van der Waals surface area contributed by atoms with E-state index in [0.717, 1.165) is 45.2 Å². The van der Waals surface area contributed by atoms with Gasteiger partial charge in [0.2, 0.25) is 5.91 Å². The zero-order valence-corrected chi connectivity index (χ0v) is 18.1. The monoisotopic (exact) mass is 424 g/mol. The molecule has 158 valence electrons. The average Bonchev–Trinajstić information content (AvgIpc) is 3.11. The molecule has 1 unspecified atom stereocenters. The fourth-order valence-corrected chi connectivity index (χ4v) is 5.72. The second-order valence-corrected chi connectivity index (χ2v) is 9.31. The number of para-hydroxylation sites is 1. The van der Waals surface area contributed by atoms with Crippen LogP contribution in [-0.2, 0) is 9.59 Å². The van der Waals surface area contributed by atoms with Crippen LogP contribution in [-0.4, -0.2) is 59.6 Å². The number of benzene rings is 1. The van der Waals surface area contributed by atoms with Crippen molar-refractivity contribution in [3.63, 3.8) is 0 Å². The van der Waals surface area contributed by atoms with E-state index in [0.29, 0.717) is 30.4 Å². The average molecular weight is 425 g/mol. The van der Waals surface area contributed by atoms with Crippen molar-refractivity contribution in [2.75, 3.05) is 37.6 Å². The maximum absolute atomic E-state index is 13.4. The van der Waals surface area contributed by atoms with Crippen LogP contribution in [0.5, 0.6) is 0 Å². The number of carbonyl (C=O) groups is 2. The summed E-state index contributed by atoms with van der Waals surface area (Å²) in [6.07, 6.45) is 6.61. The first-order valence-corrected chi connectivity index (χ1v) is 11.8.